The maximum Gasteiger partial charge on any atom is 0.128 e. The summed E-state index contributed by atoms with van der Waals surface area (Å²) in [7, 11) is 3.40. The molecule has 0 amide bonds. The Bertz CT molecular complexity index is 1750. The lowest BCUT2D eigenvalue weighted by Crippen LogP contribution is -2.10. The Labute approximate surface area is 239 Å². The van der Waals surface area contributed by atoms with Crippen molar-refractivity contribution >= 4 is 39.4 Å². The predicted molar refractivity (Wildman–Crippen MR) is 168 cm³/mol. The van der Waals surface area contributed by atoms with Crippen molar-refractivity contribution in [2.24, 2.45) is 0 Å². The van der Waals surface area contributed by atoms with Gasteiger partial charge in [0.1, 0.15) is 11.5 Å². The third-order valence-corrected chi connectivity index (χ3v) is 7.37. The molecule has 196 valence electrons. The van der Waals surface area contributed by atoms with Crippen LogP contribution in [0.25, 0.3) is 33.0 Å². The van der Waals surface area contributed by atoms with Crippen molar-refractivity contribution < 1.29 is 9.47 Å². The van der Waals surface area contributed by atoms with Crippen LogP contribution in [-0.2, 0) is 0 Å². The van der Waals surface area contributed by atoms with E-state index < -0.39 is 0 Å². The number of benzene rings is 6. The van der Waals surface area contributed by atoms with Crippen LogP contribution < -0.4 is 14.4 Å². The van der Waals surface area contributed by atoms with Crippen LogP contribution in [0.2, 0.25) is 5.02 Å². The van der Waals surface area contributed by atoms with E-state index in [4.69, 9.17) is 21.1 Å². The average Bonchev–Trinajstić information content (AvgIpc) is 3.01. The van der Waals surface area contributed by atoms with Gasteiger partial charge in [0.15, 0.2) is 0 Å². The first-order valence-corrected chi connectivity index (χ1v) is 13.5. The monoisotopic (exact) mass is 541 g/mol. The Hall–Kier alpha value is -4.73. The molecule has 0 aromatic heterocycles. The third kappa shape index (κ3) is 4.76. The molecule has 4 heteroatoms. The molecule has 0 unspecified atom stereocenters. The molecule has 0 saturated heterocycles. The highest BCUT2D eigenvalue weighted by Crippen LogP contribution is 2.43. The Balaban J connectivity index is 1.50. The summed E-state index contributed by atoms with van der Waals surface area (Å²) in [6.07, 6.45) is 0. The second-order valence-corrected chi connectivity index (χ2v) is 9.88. The molecule has 6 aromatic carbocycles. The number of hydrogen-bond acceptors (Lipinski definition) is 3. The van der Waals surface area contributed by atoms with Crippen molar-refractivity contribution in [2.45, 2.75) is 0 Å². The van der Waals surface area contributed by atoms with E-state index in [1.54, 1.807) is 14.2 Å². The van der Waals surface area contributed by atoms with E-state index in [0.29, 0.717) is 5.02 Å². The highest BCUT2D eigenvalue weighted by molar-refractivity contribution is 6.30. The van der Waals surface area contributed by atoms with Crippen LogP contribution in [-0.4, -0.2) is 14.2 Å². The van der Waals surface area contributed by atoms with Crippen LogP contribution in [0.15, 0.2) is 133 Å². The van der Waals surface area contributed by atoms with Gasteiger partial charge in [-0.1, -0.05) is 84.4 Å². The maximum atomic E-state index is 6.26. The number of para-hydroxylation sites is 2. The molecule has 0 fully saturated rings. The Morgan fingerprint density at radius 3 is 1.48 bits per heavy atom. The van der Waals surface area contributed by atoms with Crippen molar-refractivity contribution in [3.63, 3.8) is 0 Å². The van der Waals surface area contributed by atoms with Crippen molar-refractivity contribution in [1.82, 2.24) is 0 Å². The molecule has 0 bridgehead atoms. The van der Waals surface area contributed by atoms with Gasteiger partial charge in [0.05, 0.1) is 14.2 Å². The van der Waals surface area contributed by atoms with Gasteiger partial charge in [-0.15, -0.1) is 0 Å². The van der Waals surface area contributed by atoms with Crippen LogP contribution in [0.3, 0.4) is 0 Å². The van der Waals surface area contributed by atoms with Gasteiger partial charge in [0, 0.05) is 39.3 Å². The SMILES string of the molecule is COc1cc(Cl)ccc1-c1cccc2c(-c3ccc(N(c4ccccc4)c4ccccc4)cc3OC)cccc12. The molecule has 6 aromatic rings. The van der Waals surface area contributed by atoms with Crippen molar-refractivity contribution in [3.8, 4) is 33.8 Å². The maximum absolute atomic E-state index is 6.26. The highest BCUT2D eigenvalue weighted by Gasteiger charge is 2.18. The fourth-order valence-corrected chi connectivity index (χ4v) is 5.47. The van der Waals surface area contributed by atoms with Gasteiger partial charge in [-0.3, -0.25) is 0 Å². The molecular formula is C36H28ClNO2. The second kappa shape index (κ2) is 11.2. The number of methoxy groups -OCH3 is 2. The summed E-state index contributed by atoms with van der Waals surface area (Å²) in [6.45, 7) is 0. The molecule has 40 heavy (non-hydrogen) atoms. The van der Waals surface area contributed by atoms with E-state index in [9.17, 15) is 0 Å². The molecule has 0 aliphatic rings. The zero-order valence-corrected chi connectivity index (χ0v) is 23.1. The molecule has 0 aliphatic heterocycles. The minimum absolute atomic E-state index is 0.645. The number of fused-ring (bicyclic) bond motifs is 1. The van der Waals surface area contributed by atoms with Crippen LogP contribution >= 0.6 is 11.6 Å². The standard InChI is InChI=1S/C36H28ClNO2/c1-39-35-23-25(37)19-21-33(35)31-17-9-16-30-29(31)15-10-18-32(30)34-22-20-28(24-36(34)40-2)38(26-11-5-3-6-12-26)27-13-7-4-8-14-27/h3-24H,1-2H3. The zero-order chi connectivity index (χ0) is 27.5. The van der Waals surface area contributed by atoms with E-state index in [2.05, 4.69) is 108 Å². The normalized spacial score (nSPS) is 10.9. The van der Waals surface area contributed by atoms with Gasteiger partial charge in [0.25, 0.3) is 0 Å². The summed E-state index contributed by atoms with van der Waals surface area (Å²) >= 11 is 6.26. The zero-order valence-electron chi connectivity index (χ0n) is 22.3. The Morgan fingerprint density at radius 1 is 0.450 bits per heavy atom. The minimum atomic E-state index is 0.645. The van der Waals surface area contributed by atoms with Gasteiger partial charge in [-0.25, -0.2) is 0 Å². The lowest BCUT2D eigenvalue weighted by Gasteiger charge is -2.26. The lowest BCUT2D eigenvalue weighted by atomic mass is 9.92. The van der Waals surface area contributed by atoms with E-state index in [-0.39, 0.29) is 0 Å². The number of rotatable bonds is 7. The number of halogens is 1. The van der Waals surface area contributed by atoms with Gasteiger partial charge in [-0.2, -0.15) is 0 Å². The molecule has 0 spiro atoms. The number of hydrogen-bond donors (Lipinski definition) is 0. The summed E-state index contributed by atoms with van der Waals surface area (Å²) in [5, 5.41) is 2.90. The van der Waals surface area contributed by atoms with E-state index in [1.165, 1.54) is 0 Å². The molecule has 0 N–H and O–H groups in total. The van der Waals surface area contributed by atoms with Gasteiger partial charge < -0.3 is 14.4 Å². The minimum Gasteiger partial charge on any atom is -0.496 e. The van der Waals surface area contributed by atoms with E-state index >= 15 is 0 Å². The molecule has 0 aliphatic carbocycles. The van der Waals surface area contributed by atoms with Crippen LogP contribution in [0.4, 0.5) is 17.1 Å². The summed E-state index contributed by atoms with van der Waals surface area (Å²) in [6, 6.07) is 45.7. The fraction of sp³-hybridized carbons (Fsp3) is 0.0556. The molecule has 3 nitrogen and oxygen atoms in total. The molecule has 0 heterocycles. The van der Waals surface area contributed by atoms with E-state index in [1.807, 2.05) is 30.3 Å². The number of ether oxygens (including phenoxy) is 2. The first-order chi connectivity index (χ1) is 19.7. The summed E-state index contributed by atoms with van der Waals surface area (Å²) in [5.74, 6) is 1.55. The molecule has 0 atom stereocenters. The second-order valence-electron chi connectivity index (χ2n) is 9.44. The van der Waals surface area contributed by atoms with Crippen molar-refractivity contribution in [3.05, 3.63) is 138 Å². The first-order valence-electron chi connectivity index (χ1n) is 13.1. The molecular weight excluding hydrogens is 514 g/mol. The Kier molecular flexibility index (Phi) is 7.13. The molecule has 0 radical (unpaired) electrons. The molecule has 6 rings (SSSR count). The van der Waals surface area contributed by atoms with Crippen molar-refractivity contribution in [1.29, 1.82) is 0 Å². The summed E-state index contributed by atoms with van der Waals surface area (Å²) in [4.78, 5) is 2.24. The summed E-state index contributed by atoms with van der Waals surface area (Å²) < 4.78 is 11.7. The quantitative estimate of drug-likeness (QED) is 0.200. The van der Waals surface area contributed by atoms with Gasteiger partial charge in [0.2, 0.25) is 0 Å². The number of anilines is 3. The average molecular weight is 542 g/mol. The van der Waals surface area contributed by atoms with Crippen LogP contribution in [0.1, 0.15) is 0 Å². The highest BCUT2D eigenvalue weighted by atomic mass is 35.5. The van der Waals surface area contributed by atoms with Crippen LogP contribution in [0, 0.1) is 0 Å². The predicted octanol–water partition coefficient (Wildman–Crippen LogP) is 10.3. The smallest absolute Gasteiger partial charge is 0.128 e. The first kappa shape index (κ1) is 25.5. The summed E-state index contributed by atoms with van der Waals surface area (Å²) in [5.41, 5.74) is 7.39. The third-order valence-electron chi connectivity index (χ3n) is 7.14. The fourth-order valence-electron chi connectivity index (χ4n) is 5.31. The largest absolute Gasteiger partial charge is 0.496 e. The Morgan fingerprint density at radius 2 is 0.950 bits per heavy atom. The topological polar surface area (TPSA) is 21.7 Å². The van der Waals surface area contributed by atoms with E-state index in [0.717, 1.165) is 61.6 Å². The van der Waals surface area contributed by atoms with Crippen molar-refractivity contribution in [2.75, 3.05) is 19.1 Å². The van der Waals surface area contributed by atoms with Gasteiger partial charge in [-0.05, 0) is 76.5 Å². The van der Waals surface area contributed by atoms with Gasteiger partial charge >= 0.3 is 0 Å². The van der Waals surface area contributed by atoms with Crippen LogP contribution in [0.5, 0.6) is 11.5 Å². The molecule has 0 saturated carbocycles. The number of nitrogens with zero attached hydrogens (tertiary/aromatic N) is 1. The lowest BCUT2D eigenvalue weighted by molar-refractivity contribution is 0.416.